The second kappa shape index (κ2) is 5.50. The molecule has 0 radical (unpaired) electrons. The number of hydrogen-bond acceptors (Lipinski definition) is 5. The molecule has 0 amide bonds. The van der Waals surface area contributed by atoms with Gasteiger partial charge >= 0.3 is 5.97 Å². The van der Waals surface area contributed by atoms with Crippen LogP contribution in [-0.4, -0.2) is 22.2 Å². The topological polar surface area (TPSA) is 52.1 Å². The van der Waals surface area contributed by atoms with Gasteiger partial charge in [0.1, 0.15) is 5.52 Å². The fourth-order valence-corrected chi connectivity index (χ4v) is 3.43. The molecular formula is C17H14N2O2S. The summed E-state index contributed by atoms with van der Waals surface area (Å²) in [4.78, 5) is 12.3. The van der Waals surface area contributed by atoms with Gasteiger partial charge in [0.05, 0.1) is 16.9 Å². The Bertz CT molecular complexity index is 816. The van der Waals surface area contributed by atoms with Crippen molar-refractivity contribution in [1.82, 2.24) is 9.59 Å². The average Bonchev–Trinajstić information content (AvgIpc) is 3.19. The van der Waals surface area contributed by atoms with E-state index in [1.165, 1.54) is 17.1 Å². The van der Waals surface area contributed by atoms with Gasteiger partial charge in [-0.25, -0.2) is 4.79 Å². The zero-order chi connectivity index (χ0) is 14.9. The van der Waals surface area contributed by atoms with Gasteiger partial charge in [0.15, 0.2) is 0 Å². The zero-order valence-electron chi connectivity index (χ0n) is 11.8. The number of carbonyl (C=O) groups is 1. The van der Waals surface area contributed by atoms with Gasteiger partial charge in [-0.2, -0.15) is 0 Å². The number of ether oxygens (including phenoxy) is 1. The van der Waals surface area contributed by atoms with Crippen molar-refractivity contribution in [3.63, 3.8) is 0 Å². The number of nitrogens with zero attached hydrogens (tertiary/aromatic N) is 2. The summed E-state index contributed by atoms with van der Waals surface area (Å²) in [6.45, 7) is 0.473. The predicted octanol–water partition coefficient (Wildman–Crippen LogP) is 3.65. The molecule has 5 heteroatoms. The van der Waals surface area contributed by atoms with Gasteiger partial charge in [0.25, 0.3) is 0 Å². The van der Waals surface area contributed by atoms with Gasteiger partial charge in [-0.1, -0.05) is 40.9 Å². The lowest BCUT2D eigenvalue weighted by Crippen LogP contribution is -2.08. The number of rotatable bonds is 4. The summed E-state index contributed by atoms with van der Waals surface area (Å²) in [6.07, 6.45) is 1.09. The first-order valence-corrected chi connectivity index (χ1v) is 8.03. The van der Waals surface area contributed by atoms with E-state index in [1.807, 2.05) is 30.3 Å². The Labute approximate surface area is 131 Å². The van der Waals surface area contributed by atoms with Crippen LogP contribution in [0.5, 0.6) is 0 Å². The van der Waals surface area contributed by atoms with Gasteiger partial charge in [0.2, 0.25) is 0 Å². The first kappa shape index (κ1) is 13.4. The van der Waals surface area contributed by atoms with Crippen LogP contribution in [0.2, 0.25) is 0 Å². The molecular weight excluding hydrogens is 296 g/mol. The quantitative estimate of drug-likeness (QED) is 0.690. The van der Waals surface area contributed by atoms with Crippen molar-refractivity contribution in [3.05, 3.63) is 59.7 Å². The van der Waals surface area contributed by atoms with E-state index >= 15 is 0 Å². The minimum absolute atomic E-state index is 0.282. The van der Waals surface area contributed by atoms with Crippen molar-refractivity contribution >= 4 is 27.7 Å². The molecule has 4 nitrogen and oxygen atoms in total. The van der Waals surface area contributed by atoms with Gasteiger partial charge < -0.3 is 4.74 Å². The minimum Gasteiger partial charge on any atom is -0.462 e. The summed E-state index contributed by atoms with van der Waals surface area (Å²) in [7, 11) is 0. The van der Waals surface area contributed by atoms with E-state index in [1.54, 1.807) is 6.07 Å². The lowest BCUT2D eigenvalue weighted by Gasteiger charge is -2.05. The van der Waals surface area contributed by atoms with Crippen LogP contribution in [0.25, 0.3) is 10.2 Å². The van der Waals surface area contributed by atoms with Crippen LogP contribution in [0.1, 0.15) is 28.3 Å². The smallest absolute Gasteiger partial charge is 0.339 e. The number of hydrogen-bond donors (Lipinski definition) is 0. The minimum atomic E-state index is -0.282. The number of esters is 1. The fourth-order valence-electron chi connectivity index (χ4n) is 2.77. The summed E-state index contributed by atoms with van der Waals surface area (Å²) in [6, 6.07) is 15.8. The van der Waals surface area contributed by atoms with Crippen molar-refractivity contribution in [3.8, 4) is 0 Å². The zero-order valence-corrected chi connectivity index (χ0v) is 12.6. The molecule has 0 aliphatic heterocycles. The fraction of sp³-hybridized carbons (Fsp3) is 0.235. The second-order valence-electron chi connectivity index (χ2n) is 5.54. The van der Waals surface area contributed by atoms with Crippen LogP contribution < -0.4 is 0 Å². The summed E-state index contributed by atoms with van der Waals surface area (Å²) in [5, 5.41) is 3.98. The van der Waals surface area contributed by atoms with E-state index in [2.05, 4.69) is 21.7 Å². The molecule has 1 saturated carbocycles. The van der Waals surface area contributed by atoms with Gasteiger partial charge in [-0.15, -0.1) is 5.10 Å². The molecule has 0 saturated heterocycles. The van der Waals surface area contributed by atoms with Crippen molar-refractivity contribution in [2.24, 2.45) is 5.92 Å². The van der Waals surface area contributed by atoms with Crippen molar-refractivity contribution in [2.75, 3.05) is 6.61 Å². The van der Waals surface area contributed by atoms with Crippen molar-refractivity contribution in [1.29, 1.82) is 0 Å². The van der Waals surface area contributed by atoms with E-state index in [-0.39, 0.29) is 5.97 Å². The summed E-state index contributed by atoms with van der Waals surface area (Å²) < 4.78 is 10.2. The molecule has 1 fully saturated rings. The lowest BCUT2D eigenvalue weighted by atomic mass is 10.1. The Morgan fingerprint density at radius 2 is 2.05 bits per heavy atom. The molecule has 4 rings (SSSR count). The molecule has 2 aromatic carbocycles. The number of fused-ring (bicyclic) bond motifs is 1. The highest BCUT2D eigenvalue weighted by molar-refractivity contribution is 7.13. The highest BCUT2D eigenvalue weighted by Crippen LogP contribution is 2.47. The second-order valence-corrected chi connectivity index (χ2v) is 6.29. The Morgan fingerprint density at radius 1 is 1.18 bits per heavy atom. The molecule has 2 unspecified atom stereocenters. The molecule has 0 N–H and O–H groups in total. The molecule has 1 aliphatic rings. The van der Waals surface area contributed by atoms with E-state index in [0.717, 1.165) is 16.6 Å². The molecule has 1 heterocycles. The third kappa shape index (κ3) is 2.48. The maximum Gasteiger partial charge on any atom is 0.339 e. The molecule has 22 heavy (non-hydrogen) atoms. The average molecular weight is 310 g/mol. The SMILES string of the molecule is O=C(OCC1CC1c1ccccc1)c1cccc2nnsc12. The first-order chi connectivity index (χ1) is 10.8. The first-order valence-electron chi connectivity index (χ1n) is 7.26. The Hall–Kier alpha value is -2.27. The Balaban J connectivity index is 1.41. The molecule has 110 valence electrons. The summed E-state index contributed by atoms with van der Waals surface area (Å²) in [5.41, 5.74) is 2.63. The van der Waals surface area contributed by atoms with Crippen LogP contribution in [0.15, 0.2) is 48.5 Å². The van der Waals surface area contributed by atoms with E-state index in [4.69, 9.17) is 4.74 Å². The summed E-state index contributed by atoms with van der Waals surface area (Å²) in [5.74, 6) is 0.676. The molecule has 1 aliphatic carbocycles. The van der Waals surface area contributed by atoms with Gasteiger partial charge in [0, 0.05) is 5.92 Å². The molecule has 3 aromatic rings. The third-order valence-electron chi connectivity index (χ3n) is 4.07. The number of benzene rings is 2. The Kier molecular flexibility index (Phi) is 3.35. The standard InChI is InChI=1S/C17H14N2O2S/c20-17(13-7-4-8-15-16(13)22-19-18-15)21-10-12-9-14(12)11-5-2-1-3-6-11/h1-8,12,14H,9-10H2. The van der Waals surface area contributed by atoms with Crippen LogP contribution in [0.3, 0.4) is 0 Å². The maximum atomic E-state index is 12.3. The van der Waals surface area contributed by atoms with Crippen LogP contribution in [0.4, 0.5) is 0 Å². The Morgan fingerprint density at radius 3 is 2.91 bits per heavy atom. The highest BCUT2D eigenvalue weighted by Gasteiger charge is 2.39. The summed E-state index contributed by atoms with van der Waals surface area (Å²) >= 11 is 1.23. The maximum absolute atomic E-state index is 12.3. The van der Waals surface area contributed by atoms with Crippen LogP contribution in [0, 0.1) is 5.92 Å². The highest BCUT2D eigenvalue weighted by atomic mass is 32.1. The normalized spacial score (nSPS) is 20.0. The monoisotopic (exact) mass is 310 g/mol. The predicted molar refractivity (Wildman–Crippen MR) is 85.0 cm³/mol. The van der Waals surface area contributed by atoms with Crippen molar-refractivity contribution < 1.29 is 9.53 Å². The largest absolute Gasteiger partial charge is 0.462 e. The number of aromatic nitrogens is 2. The molecule has 2 atom stereocenters. The van der Waals surface area contributed by atoms with Crippen molar-refractivity contribution in [2.45, 2.75) is 12.3 Å². The third-order valence-corrected chi connectivity index (χ3v) is 4.85. The lowest BCUT2D eigenvalue weighted by molar-refractivity contribution is 0.0486. The molecule has 0 bridgehead atoms. The number of carbonyl (C=O) groups excluding carboxylic acids is 1. The van der Waals surface area contributed by atoms with E-state index in [9.17, 15) is 4.79 Å². The molecule has 0 spiro atoms. The van der Waals surface area contributed by atoms with E-state index < -0.39 is 0 Å². The van der Waals surface area contributed by atoms with Crippen LogP contribution >= 0.6 is 11.5 Å². The molecule has 1 aromatic heterocycles. The van der Waals surface area contributed by atoms with Gasteiger partial charge in [-0.3, -0.25) is 0 Å². The van der Waals surface area contributed by atoms with Gasteiger partial charge in [-0.05, 0) is 41.6 Å². The van der Waals surface area contributed by atoms with Crippen LogP contribution in [-0.2, 0) is 4.74 Å². The van der Waals surface area contributed by atoms with E-state index in [0.29, 0.717) is 24.0 Å².